The molecule has 0 bridgehead atoms. The van der Waals surface area contributed by atoms with Gasteiger partial charge in [-0.2, -0.15) is 13.2 Å². The number of rotatable bonds is 10. The van der Waals surface area contributed by atoms with Gasteiger partial charge in [0.05, 0.1) is 23.8 Å². The van der Waals surface area contributed by atoms with E-state index in [0.717, 1.165) is 68.1 Å². The summed E-state index contributed by atoms with van der Waals surface area (Å²) in [5.41, 5.74) is 9.30. The van der Waals surface area contributed by atoms with Gasteiger partial charge in [0, 0.05) is 56.1 Å². The molecule has 3 N–H and O–H groups in total. The van der Waals surface area contributed by atoms with Crippen LogP contribution in [-0.4, -0.2) is 58.2 Å². The summed E-state index contributed by atoms with van der Waals surface area (Å²) in [6, 6.07) is 22.0. The molecule has 3 aromatic rings. The number of hydrogen-bond donors (Lipinski definition) is 2. The van der Waals surface area contributed by atoms with Crippen molar-refractivity contribution < 1.29 is 22.7 Å². The number of amides is 1. The average molecular weight is 686 g/mol. The number of nitrogens with one attached hydrogen (secondary N) is 1. The van der Waals surface area contributed by atoms with Crippen molar-refractivity contribution in [2.45, 2.75) is 57.7 Å². The highest BCUT2D eigenvalue weighted by molar-refractivity contribution is 6.31. The van der Waals surface area contributed by atoms with E-state index in [4.69, 9.17) is 22.1 Å². The maximum absolute atomic E-state index is 12.0. The minimum atomic E-state index is -4.35. The molecule has 3 aromatic carbocycles. The lowest BCUT2D eigenvalue weighted by atomic mass is 9.89. The number of alkyl halides is 3. The summed E-state index contributed by atoms with van der Waals surface area (Å²) in [5, 5.41) is 3.38. The van der Waals surface area contributed by atoms with Gasteiger partial charge in [0.15, 0.2) is 0 Å². The normalized spacial score (nSPS) is 16.5. The van der Waals surface area contributed by atoms with Crippen molar-refractivity contribution in [3.63, 3.8) is 0 Å². The summed E-state index contributed by atoms with van der Waals surface area (Å²) in [7, 11) is 1.85. The Labute approximate surface area is 287 Å². The highest BCUT2D eigenvalue weighted by Crippen LogP contribution is 2.34. The molecule has 2 fully saturated rings. The molecule has 1 saturated carbocycles. The second-order valence-corrected chi connectivity index (χ2v) is 12.5. The Morgan fingerprint density at radius 3 is 2.21 bits per heavy atom. The number of nitrogens with zero attached hydrogens (tertiary/aromatic N) is 3. The monoisotopic (exact) mass is 685 g/mol. The minimum Gasteiger partial charge on any atom is -0.378 e. The van der Waals surface area contributed by atoms with Crippen molar-refractivity contribution >= 4 is 34.7 Å². The van der Waals surface area contributed by atoms with E-state index in [0.29, 0.717) is 12.3 Å². The smallest absolute Gasteiger partial charge is 0.378 e. The number of aliphatic imine (C=N–C) groups is 1. The number of hydrogen-bond acceptors (Lipinski definition) is 5. The Morgan fingerprint density at radius 2 is 1.67 bits per heavy atom. The number of halogens is 4. The Morgan fingerprint density at radius 1 is 1.02 bits per heavy atom. The second kappa shape index (κ2) is 18.2. The molecule has 0 aromatic heterocycles. The predicted molar refractivity (Wildman–Crippen MR) is 189 cm³/mol. The molecule has 1 amide bonds. The van der Waals surface area contributed by atoms with Gasteiger partial charge in [-0.25, -0.2) is 0 Å². The van der Waals surface area contributed by atoms with E-state index in [1.165, 1.54) is 56.0 Å². The molecule has 1 atom stereocenters. The molecule has 1 aliphatic carbocycles. The highest BCUT2D eigenvalue weighted by Gasteiger charge is 2.32. The Balaban J connectivity index is 0.000000401. The van der Waals surface area contributed by atoms with Crippen LogP contribution in [-0.2, 0) is 15.7 Å². The summed E-state index contributed by atoms with van der Waals surface area (Å²) < 4.78 is 41.4. The summed E-state index contributed by atoms with van der Waals surface area (Å²) in [5.74, 6) is 1.35. The molecule has 1 saturated heterocycles. The molecule has 260 valence electrons. The summed E-state index contributed by atoms with van der Waals surface area (Å²) in [4.78, 5) is 21.1. The van der Waals surface area contributed by atoms with Crippen molar-refractivity contribution in [3.8, 4) is 0 Å². The lowest BCUT2D eigenvalue weighted by molar-refractivity contribution is -0.137. The fourth-order valence-corrected chi connectivity index (χ4v) is 6.53. The zero-order valence-corrected chi connectivity index (χ0v) is 28.6. The van der Waals surface area contributed by atoms with Gasteiger partial charge >= 0.3 is 6.18 Å². The van der Waals surface area contributed by atoms with Crippen molar-refractivity contribution in [1.29, 1.82) is 0 Å². The van der Waals surface area contributed by atoms with Gasteiger partial charge in [-0.15, -0.1) is 0 Å². The number of carbonyl (C=O) groups excluding carboxylic acids is 1. The maximum atomic E-state index is 12.0. The van der Waals surface area contributed by atoms with E-state index in [-0.39, 0.29) is 17.0 Å². The quantitative estimate of drug-likeness (QED) is 0.168. The molecule has 0 radical (unpaired) electrons. The van der Waals surface area contributed by atoms with Crippen molar-refractivity contribution in [2.24, 2.45) is 16.6 Å². The average Bonchev–Trinajstić information content (AvgIpc) is 3.10. The summed E-state index contributed by atoms with van der Waals surface area (Å²) >= 11 is 5.29. The first-order chi connectivity index (χ1) is 23.1. The number of benzene rings is 3. The van der Waals surface area contributed by atoms with Crippen molar-refractivity contribution in [3.05, 3.63) is 94.5 Å². The molecule has 48 heavy (non-hydrogen) atoms. The SMILES string of the molecule is CCN(C(=NC)c1ccc(N2CCOCC2)cc1)c1ccc(C(CC(N)=O)NCC2CCCCC2)cc1.FC(F)(F)c1ccccc1Cl. The van der Waals surface area contributed by atoms with Crippen LogP contribution in [0.1, 0.15) is 68.2 Å². The molecule has 1 aliphatic heterocycles. The zero-order chi connectivity index (χ0) is 34.5. The van der Waals surface area contributed by atoms with Crippen molar-refractivity contribution in [1.82, 2.24) is 5.32 Å². The number of morpholine rings is 1. The number of ether oxygens (including phenoxy) is 1. The van der Waals surface area contributed by atoms with Gasteiger partial charge in [-0.1, -0.05) is 55.1 Å². The first-order valence-corrected chi connectivity index (χ1v) is 17.1. The van der Waals surface area contributed by atoms with E-state index in [9.17, 15) is 18.0 Å². The van der Waals surface area contributed by atoms with Gasteiger partial charge in [-0.05, 0) is 86.3 Å². The van der Waals surface area contributed by atoms with Crippen LogP contribution in [0.4, 0.5) is 24.5 Å². The molecular weight excluding hydrogens is 639 g/mol. The lowest BCUT2D eigenvalue weighted by Crippen LogP contribution is -2.36. The third kappa shape index (κ3) is 10.7. The molecule has 11 heteroatoms. The molecule has 1 heterocycles. The van der Waals surface area contributed by atoms with E-state index in [1.807, 2.05) is 7.05 Å². The van der Waals surface area contributed by atoms with E-state index >= 15 is 0 Å². The second-order valence-electron chi connectivity index (χ2n) is 12.1. The Hall–Kier alpha value is -3.60. The Bertz CT molecular complexity index is 1460. The number of carbonyl (C=O) groups is 1. The number of nitrogens with two attached hydrogens (primary N) is 1. The highest BCUT2D eigenvalue weighted by atomic mass is 35.5. The standard InChI is InChI=1S/C30H43N5O2.C7H4ClF3/c1-3-35(30(32-2)25-11-13-26(14-12-25)34-17-19-37-20-18-34)27-15-9-24(10-16-27)28(21-29(31)36)33-22-23-7-5-4-6-8-23;8-6-4-2-1-3-5(6)7(9,10)11/h9-16,23,28,33H,3-8,17-22H2,1-2H3,(H2,31,36);1-4H. The third-order valence-electron chi connectivity index (χ3n) is 8.85. The topological polar surface area (TPSA) is 83.2 Å². The lowest BCUT2D eigenvalue weighted by Gasteiger charge is -2.29. The van der Waals surface area contributed by atoms with Gasteiger partial charge in [0.1, 0.15) is 5.84 Å². The summed E-state index contributed by atoms with van der Waals surface area (Å²) in [6.45, 7) is 7.28. The summed E-state index contributed by atoms with van der Waals surface area (Å²) in [6.07, 6.45) is 2.47. The maximum Gasteiger partial charge on any atom is 0.417 e. The Kier molecular flexibility index (Phi) is 14.1. The molecule has 2 aliphatic rings. The number of anilines is 2. The fraction of sp³-hybridized carbons (Fsp3) is 0.459. The molecular formula is C37H47ClF3N5O2. The first kappa shape index (κ1) is 37.2. The van der Waals surface area contributed by atoms with Crippen LogP contribution < -0.4 is 20.9 Å². The van der Waals surface area contributed by atoms with Crippen LogP contribution in [0.15, 0.2) is 77.8 Å². The van der Waals surface area contributed by atoms with Crippen LogP contribution >= 0.6 is 11.6 Å². The molecule has 7 nitrogen and oxygen atoms in total. The largest absolute Gasteiger partial charge is 0.417 e. The van der Waals surface area contributed by atoms with Gasteiger partial charge in [0.25, 0.3) is 0 Å². The third-order valence-corrected chi connectivity index (χ3v) is 9.18. The van der Waals surface area contributed by atoms with Gasteiger partial charge < -0.3 is 25.6 Å². The molecule has 0 spiro atoms. The number of amidine groups is 1. The van der Waals surface area contributed by atoms with Crippen LogP contribution in [0, 0.1) is 5.92 Å². The van der Waals surface area contributed by atoms with E-state index in [1.54, 1.807) is 0 Å². The van der Waals surface area contributed by atoms with E-state index in [2.05, 4.69) is 75.6 Å². The molecule has 5 rings (SSSR count). The molecule has 1 unspecified atom stereocenters. The first-order valence-electron chi connectivity index (χ1n) is 16.7. The van der Waals surface area contributed by atoms with Crippen LogP contribution in [0.25, 0.3) is 0 Å². The van der Waals surface area contributed by atoms with Crippen LogP contribution in [0.2, 0.25) is 5.02 Å². The zero-order valence-electron chi connectivity index (χ0n) is 27.8. The number of primary amides is 1. The fourth-order valence-electron chi connectivity index (χ4n) is 6.29. The van der Waals surface area contributed by atoms with Crippen LogP contribution in [0.5, 0.6) is 0 Å². The van der Waals surface area contributed by atoms with Gasteiger partial charge in [0.2, 0.25) is 5.91 Å². The minimum absolute atomic E-state index is 0.0596. The van der Waals surface area contributed by atoms with E-state index < -0.39 is 11.7 Å². The van der Waals surface area contributed by atoms with Crippen LogP contribution in [0.3, 0.4) is 0 Å². The van der Waals surface area contributed by atoms with Gasteiger partial charge in [-0.3, -0.25) is 9.79 Å². The predicted octanol–water partition coefficient (Wildman–Crippen LogP) is 7.87. The van der Waals surface area contributed by atoms with Crippen molar-refractivity contribution in [2.75, 3.05) is 56.2 Å².